The molecule has 0 aromatic carbocycles. The number of hydrogen-bond donors (Lipinski definition) is 3. The molecule has 3 N–H and O–H groups in total. The van der Waals surface area contributed by atoms with Crippen LogP contribution < -0.4 is 5.32 Å². The zero-order chi connectivity index (χ0) is 45.1. The Balaban J connectivity index is 3.58. The molecule has 6 heteroatoms. The number of rotatable bonds is 49. The van der Waals surface area contributed by atoms with Crippen LogP contribution in [-0.4, -0.2) is 47.4 Å². The average molecular weight is 870 g/mol. The lowest BCUT2D eigenvalue weighted by atomic mass is 10.0. The topological polar surface area (TPSA) is 95.9 Å². The first-order valence-corrected chi connectivity index (χ1v) is 26.9. The van der Waals surface area contributed by atoms with Gasteiger partial charge in [0.05, 0.1) is 25.4 Å². The average Bonchev–Trinajstić information content (AvgIpc) is 3.27. The molecule has 0 aromatic rings. The lowest BCUT2D eigenvalue weighted by molar-refractivity contribution is -0.143. The summed E-state index contributed by atoms with van der Waals surface area (Å²) in [6.07, 6.45) is 64.0. The van der Waals surface area contributed by atoms with Gasteiger partial charge in [-0.15, -0.1) is 0 Å². The molecule has 0 saturated heterocycles. The van der Waals surface area contributed by atoms with Crippen molar-refractivity contribution >= 4 is 11.9 Å². The van der Waals surface area contributed by atoms with Gasteiger partial charge < -0.3 is 20.3 Å². The number of hydrogen-bond acceptors (Lipinski definition) is 5. The van der Waals surface area contributed by atoms with Gasteiger partial charge in [0.2, 0.25) is 5.91 Å². The highest BCUT2D eigenvalue weighted by Gasteiger charge is 2.18. The minimum absolute atomic E-state index is 0.0523. The Morgan fingerprint density at radius 1 is 0.452 bits per heavy atom. The van der Waals surface area contributed by atoms with Crippen LogP contribution in [0, 0.1) is 0 Å². The van der Waals surface area contributed by atoms with Crippen LogP contribution in [-0.2, 0) is 14.3 Å². The number of nitrogens with one attached hydrogen (secondary N) is 1. The summed E-state index contributed by atoms with van der Waals surface area (Å²) >= 11 is 0. The quantitative estimate of drug-likeness (QED) is 0.0322. The number of esters is 1. The second-order valence-corrected chi connectivity index (χ2v) is 18.2. The maximum absolute atomic E-state index is 12.4. The van der Waals surface area contributed by atoms with Crippen LogP contribution in [0.4, 0.5) is 0 Å². The molecular weight excluding hydrogens is 767 g/mol. The predicted octanol–water partition coefficient (Wildman–Crippen LogP) is 16.2. The number of carbonyl (C=O) groups is 2. The molecule has 0 saturated carbocycles. The van der Waals surface area contributed by atoms with Gasteiger partial charge in [-0.1, -0.05) is 217 Å². The summed E-state index contributed by atoms with van der Waals surface area (Å²) in [7, 11) is 0. The molecule has 2 unspecified atom stereocenters. The fourth-order valence-corrected chi connectivity index (χ4v) is 7.89. The lowest BCUT2D eigenvalue weighted by Crippen LogP contribution is -2.45. The Labute approximate surface area is 385 Å². The molecule has 0 aliphatic heterocycles. The molecule has 6 nitrogen and oxygen atoms in total. The molecule has 0 aliphatic rings. The van der Waals surface area contributed by atoms with Crippen molar-refractivity contribution < 1.29 is 24.5 Å². The smallest absolute Gasteiger partial charge is 0.305 e. The zero-order valence-corrected chi connectivity index (χ0v) is 41.1. The van der Waals surface area contributed by atoms with Gasteiger partial charge in [-0.05, 0) is 89.9 Å². The first-order chi connectivity index (χ1) is 30.5. The normalized spacial score (nSPS) is 13.0. The monoisotopic (exact) mass is 870 g/mol. The van der Waals surface area contributed by atoms with Crippen LogP contribution in [0.25, 0.3) is 0 Å². The Morgan fingerprint density at radius 2 is 0.806 bits per heavy atom. The third-order valence-electron chi connectivity index (χ3n) is 12.1. The molecule has 362 valence electrons. The summed E-state index contributed by atoms with van der Waals surface area (Å²) in [6.45, 7) is 4.79. The Morgan fingerprint density at radius 3 is 1.26 bits per heavy atom. The van der Waals surface area contributed by atoms with E-state index in [1.165, 1.54) is 154 Å². The van der Waals surface area contributed by atoms with E-state index in [-0.39, 0.29) is 18.5 Å². The van der Waals surface area contributed by atoms with Crippen molar-refractivity contribution in [1.82, 2.24) is 5.32 Å². The van der Waals surface area contributed by atoms with Crippen molar-refractivity contribution in [3.05, 3.63) is 48.6 Å². The molecule has 0 radical (unpaired) electrons. The minimum atomic E-state index is -0.868. The highest BCUT2D eigenvalue weighted by molar-refractivity contribution is 5.76. The first-order valence-electron chi connectivity index (χ1n) is 26.9. The van der Waals surface area contributed by atoms with Crippen LogP contribution in [0.15, 0.2) is 48.6 Å². The number of unbranched alkanes of at least 4 members (excludes halogenated alkanes) is 32. The van der Waals surface area contributed by atoms with Crippen LogP contribution in [0.3, 0.4) is 0 Å². The van der Waals surface area contributed by atoms with E-state index in [0.717, 1.165) is 89.9 Å². The van der Waals surface area contributed by atoms with E-state index in [4.69, 9.17) is 4.74 Å². The van der Waals surface area contributed by atoms with Crippen molar-refractivity contribution in [2.24, 2.45) is 0 Å². The van der Waals surface area contributed by atoms with E-state index >= 15 is 0 Å². The maximum Gasteiger partial charge on any atom is 0.305 e. The van der Waals surface area contributed by atoms with Gasteiger partial charge in [-0.2, -0.15) is 0 Å². The number of aliphatic hydroxyl groups is 2. The fraction of sp³-hybridized carbons (Fsp3) is 0.821. The van der Waals surface area contributed by atoms with E-state index in [2.05, 4.69) is 55.6 Å². The van der Waals surface area contributed by atoms with Gasteiger partial charge in [0, 0.05) is 12.8 Å². The molecule has 62 heavy (non-hydrogen) atoms. The summed E-state index contributed by atoms with van der Waals surface area (Å²) in [5.41, 5.74) is 0. The Hall–Kier alpha value is -2.18. The van der Waals surface area contributed by atoms with E-state index in [0.29, 0.717) is 19.4 Å². The van der Waals surface area contributed by atoms with Crippen LogP contribution in [0.5, 0.6) is 0 Å². The van der Waals surface area contributed by atoms with Gasteiger partial charge in [0.25, 0.3) is 0 Å². The second kappa shape index (κ2) is 51.5. The van der Waals surface area contributed by atoms with Crippen LogP contribution >= 0.6 is 0 Å². The molecule has 0 spiro atoms. The number of aliphatic hydroxyl groups excluding tert-OH is 2. The van der Waals surface area contributed by atoms with Gasteiger partial charge in [0.1, 0.15) is 0 Å². The number of amides is 1. The Bertz CT molecular complexity index is 1050. The molecule has 0 aromatic heterocycles. The summed E-state index contributed by atoms with van der Waals surface area (Å²) < 4.78 is 5.43. The molecule has 0 rings (SSSR count). The van der Waals surface area contributed by atoms with Crippen molar-refractivity contribution in [2.75, 3.05) is 13.2 Å². The minimum Gasteiger partial charge on any atom is -0.466 e. The Kier molecular flexibility index (Phi) is 49.6. The number of allylic oxidation sites excluding steroid dienone is 7. The summed E-state index contributed by atoms with van der Waals surface area (Å²) in [5.74, 6) is -0.157. The van der Waals surface area contributed by atoms with Crippen molar-refractivity contribution in [1.29, 1.82) is 0 Å². The lowest BCUT2D eigenvalue weighted by Gasteiger charge is -2.20. The maximum atomic E-state index is 12.4. The van der Waals surface area contributed by atoms with Gasteiger partial charge in [-0.3, -0.25) is 9.59 Å². The largest absolute Gasteiger partial charge is 0.466 e. The van der Waals surface area contributed by atoms with Crippen LogP contribution in [0.1, 0.15) is 271 Å². The third kappa shape index (κ3) is 47.3. The van der Waals surface area contributed by atoms with Gasteiger partial charge in [-0.25, -0.2) is 0 Å². The zero-order valence-electron chi connectivity index (χ0n) is 41.1. The predicted molar refractivity (Wildman–Crippen MR) is 269 cm³/mol. The summed E-state index contributed by atoms with van der Waals surface area (Å²) in [5, 5.41) is 23.1. The molecule has 0 aliphatic carbocycles. The van der Waals surface area contributed by atoms with Gasteiger partial charge >= 0.3 is 5.97 Å². The summed E-state index contributed by atoms with van der Waals surface area (Å²) in [4.78, 5) is 24.5. The second-order valence-electron chi connectivity index (χ2n) is 18.2. The third-order valence-corrected chi connectivity index (χ3v) is 12.1. The molecule has 0 heterocycles. The van der Waals surface area contributed by atoms with Crippen molar-refractivity contribution in [3.63, 3.8) is 0 Å². The van der Waals surface area contributed by atoms with Crippen LogP contribution in [0.2, 0.25) is 0 Å². The van der Waals surface area contributed by atoms with Crippen molar-refractivity contribution in [3.8, 4) is 0 Å². The molecule has 0 fully saturated rings. The van der Waals surface area contributed by atoms with E-state index in [9.17, 15) is 19.8 Å². The highest BCUT2D eigenvalue weighted by Crippen LogP contribution is 2.15. The van der Waals surface area contributed by atoms with E-state index < -0.39 is 12.1 Å². The molecule has 1 amide bonds. The standard InChI is InChI=1S/C56H103NO5/c1-3-5-7-9-11-13-15-17-19-21-22-23-24-26-28-32-36-40-44-48-54(59)53(52-58)57-55(60)49-45-41-37-33-30-31-35-39-43-47-51-62-56(61)50-46-42-38-34-29-27-25-20-18-16-14-12-10-8-6-4-2/h14,16,20,25,31,35,44,48,53-54,58-59H,3-13,15,17-19,21-24,26-30,32-34,36-43,45-47,49-52H2,1-2H3,(H,57,60)/b16-14-,25-20-,35-31-,48-44+. The van der Waals surface area contributed by atoms with Gasteiger partial charge in [0.15, 0.2) is 0 Å². The molecule has 0 bridgehead atoms. The summed E-state index contributed by atoms with van der Waals surface area (Å²) in [6, 6.07) is -0.656. The first kappa shape index (κ1) is 59.8. The number of carbonyl (C=O) groups excluding carboxylic acids is 2. The molecule has 2 atom stereocenters. The fourth-order valence-electron chi connectivity index (χ4n) is 7.89. The molecular formula is C56H103NO5. The number of ether oxygens (including phenoxy) is 1. The highest BCUT2D eigenvalue weighted by atomic mass is 16.5. The van der Waals surface area contributed by atoms with E-state index in [1.807, 2.05) is 6.08 Å². The van der Waals surface area contributed by atoms with E-state index in [1.54, 1.807) is 6.08 Å². The SMILES string of the molecule is CCCCCC/C=C\C/C=C\CCCCCCCC(=O)OCCCC/C=C\CCCCCCC(=O)NC(CO)C(O)/C=C/CCCCCCCCCCCCCCCCCCC. The van der Waals surface area contributed by atoms with Crippen molar-refractivity contribution in [2.45, 2.75) is 283 Å².